The molecule has 0 aromatic heterocycles. The lowest BCUT2D eigenvalue weighted by molar-refractivity contribution is -0.136. The van der Waals surface area contributed by atoms with Gasteiger partial charge in [0.2, 0.25) is 5.91 Å². The second-order valence-corrected chi connectivity index (χ2v) is 9.61. The van der Waals surface area contributed by atoms with Gasteiger partial charge < -0.3 is 10.2 Å². The first-order chi connectivity index (χ1) is 14.5. The lowest BCUT2D eigenvalue weighted by Gasteiger charge is -2.36. The van der Waals surface area contributed by atoms with Gasteiger partial charge in [0.1, 0.15) is 5.54 Å². The minimum Gasteiger partial charge on any atom is -0.326 e. The van der Waals surface area contributed by atoms with Gasteiger partial charge in [-0.1, -0.05) is 24.3 Å². The fraction of sp³-hybridized carbons (Fsp3) is 0.417. The Labute approximate surface area is 181 Å². The highest BCUT2D eigenvalue weighted by Crippen LogP contribution is 2.57. The monoisotopic (exact) mass is 421 g/mol. The van der Waals surface area contributed by atoms with Crippen molar-refractivity contribution < 1.29 is 9.59 Å². The van der Waals surface area contributed by atoms with E-state index in [4.69, 9.17) is 0 Å². The number of hydrogen-bond acceptors (Lipinski definition) is 4. The molecule has 1 N–H and O–H groups in total. The normalized spacial score (nSPS) is 27.6. The fourth-order valence-electron chi connectivity index (χ4n) is 5.67. The Bertz CT molecular complexity index is 1020. The van der Waals surface area contributed by atoms with Crippen molar-refractivity contribution in [2.24, 2.45) is 5.92 Å². The minimum absolute atomic E-state index is 0.0526. The van der Waals surface area contributed by atoms with E-state index in [1.807, 2.05) is 73.8 Å². The predicted molar refractivity (Wildman–Crippen MR) is 122 cm³/mol. The molecule has 5 nitrogen and oxygen atoms in total. The van der Waals surface area contributed by atoms with Crippen LogP contribution in [0.25, 0.3) is 0 Å². The first-order valence-corrected chi connectivity index (χ1v) is 11.8. The molecule has 2 amide bonds. The fourth-order valence-corrected chi connectivity index (χ4v) is 6.98. The Kier molecular flexibility index (Phi) is 4.67. The van der Waals surface area contributed by atoms with Gasteiger partial charge in [-0.05, 0) is 56.5 Å². The van der Waals surface area contributed by atoms with Gasteiger partial charge in [0.05, 0.1) is 5.92 Å². The van der Waals surface area contributed by atoms with Gasteiger partial charge in [0.25, 0.3) is 5.91 Å². The molecule has 2 fully saturated rings. The molecule has 0 saturated carbocycles. The summed E-state index contributed by atoms with van der Waals surface area (Å²) in [6, 6.07) is 14.4. The number of likely N-dealkylation sites (N-methyl/N-ethyl adjacent to an activating group) is 1. The van der Waals surface area contributed by atoms with Gasteiger partial charge >= 0.3 is 0 Å². The summed E-state index contributed by atoms with van der Waals surface area (Å²) in [7, 11) is 0. The van der Waals surface area contributed by atoms with Crippen LogP contribution in [-0.2, 0) is 15.1 Å². The zero-order valence-corrected chi connectivity index (χ0v) is 18.5. The van der Waals surface area contributed by atoms with Gasteiger partial charge in [-0.3, -0.25) is 14.5 Å². The number of amides is 2. The first kappa shape index (κ1) is 19.6. The first-order valence-electron chi connectivity index (χ1n) is 10.6. The van der Waals surface area contributed by atoms with E-state index in [0.29, 0.717) is 13.0 Å². The number of nitrogens with zero attached hydrogens (tertiary/aromatic N) is 2. The summed E-state index contributed by atoms with van der Waals surface area (Å²) in [5.74, 6) is 1.35. The number of fused-ring (bicyclic) bond motifs is 4. The number of benzene rings is 2. The van der Waals surface area contributed by atoms with E-state index in [2.05, 4.69) is 16.3 Å². The maximum absolute atomic E-state index is 13.9. The van der Waals surface area contributed by atoms with Crippen LogP contribution in [0.5, 0.6) is 0 Å². The van der Waals surface area contributed by atoms with Gasteiger partial charge in [-0.15, -0.1) is 11.8 Å². The lowest BCUT2D eigenvalue weighted by Crippen LogP contribution is -2.55. The van der Waals surface area contributed by atoms with Crippen molar-refractivity contribution in [2.45, 2.75) is 38.8 Å². The highest BCUT2D eigenvalue weighted by Gasteiger charge is 2.67. The Morgan fingerprint density at radius 2 is 1.93 bits per heavy atom. The van der Waals surface area contributed by atoms with Crippen LogP contribution in [0.4, 0.5) is 11.4 Å². The number of thioether (sulfide) groups is 1. The summed E-state index contributed by atoms with van der Waals surface area (Å²) in [4.78, 5) is 31.8. The van der Waals surface area contributed by atoms with Crippen LogP contribution in [0, 0.1) is 19.8 Å². The zero-order valence-electron chi connectivity index (χ0n) is 17.6. The number of carbonyl (C=O) groups excluding carboxylic acids is 2. The van der Waals surface area contributed by atoms with E-state index in [1.54, 1.807) is 0 Å². The number of nitrogens with one attached hydrogen (secondary N) is 1. The molecule has 30 heavy (non-hydrogen) atoms. The average Bonchev–Trinajstić information content (AvgIpc) is 3.34. The predicted octanol–water partition coefficient (Wildman–Crippen LogP) is 3.90. The molecule has 0 radical (unpaired) electrons. The van der Waals surface area contributed by atoms with E-state index in [-0.39, 0.29) is 17.9 Å². The molecular formula is C24H27N3O2S. The van der Waals surface area contributed by atoms with E-state index in [1.165, 1.54) is 0 Å². The topological polar surface area (TPSA) is 52.7 Å². The summed E-state index contributed by atoms with van der Waals surface area (Å²) >= 11 is 1.86. The van der Waals surface area contributed by atoms with Crippen molar-refractivity contribution >= 4 is 35.0 Å². The number of anilines is 2. The van der Waals surface area contributed by atoms with Crippen molar-refractivity contribution in [3.8, 4) is 0 Å². The second kappa shape index (κ2) is 7.13. The van der Waals surface area contributed by atoms with Crippen LogP contribution >= 0.6 is 11.8 Å². The Balaban J connectivity index is 1.60. The molecule has 3 atom stereocenters. The maximum atomic E-state index is 13.9. The third-order valence-electron chi connectivity index (χ3n) is 6.75. The number of para-hydroxylation sites is 1. The largest absolute Gasteiger partial charge is 0.326 e. The van der Waals surface area contributed by atoms with Gasteiger partial charge in [0, 0.05) is 41.2 Å². The van der Waals surface area contributed by atoms with E-state index in [0.717, 1.165) is 39.7 Å². The molecule has 3 heterocycles. The highest BCUT2D eigenvalue weighted by atomic mass is 32.2. The third-order valence-corrected chi connectivity index (χ3v) is 7.83. The lowest BCUT2D eigenvalue weighted by atomic mass is 9.78. The van der Waals surface area contributed by atoms with Crippen LogP contribution in [0.15, 0.2) is 42.5 Å². The Morgan fingerprint density at radius 1 is 1.20 bits per heavy atom. The number of carbonyl (C=O) groups is 2. The van der Waals surface area contributed by atoms with Crippen molar-refractivity contribution in [2.75, 3.05) is 28.4 Å². The molecule has 3 aliphatic heterocycles. The van der Waals surface area contributed by atoms with Crippen molar-refractivity contribution in [3.63, 3.8) is 0 Å². The summed E-state index contributed by atoms with van der Waals surface area (Å²) in [6.07, 6.45) is 0.710. The number of rotatable bonds is 3. The Morgan fingerprint density at radius 3 is 2.67 bits per heavy atom. The molecule has 2 aromatic rings. The molecular weight excluding hydrogens is 394 g/mol. The standard InChI is InChI=1S/C24H27N3O2S/c1-4-26-21-8-6-5-7-19(21)24(23(26)29)20(12-18-13-30-14-27(18)24)22(28)25-17-10-15(2)9-16(3)11-17/h5-11,18,20H,4,12-14H2,1-3H3,(H,25,28)/t18-,20+,24-/m0/s1. The third kappa shape index (κ3) is 2.66. The maximum Gasteiger partial charge on any atom is 0.253 e. The zero-order chi connectivity index (χ0) is 21.0. The molecule has 2 saturated heterocycles. The quantitative estimate of drug-likeness (QED) is 0.817. The Hall–Kier alpha value is -2.31. The molecule has 6 heteroatoms. The summed E-state index contributed by atoms with van der Waals surface area (Å²) < 4.78 is 0. The summed E-state index contributed by atoms with van der Waals surface area (Å²) in [5.41, 5.74) is 4.07. The van der Waals surface area contributed by atoms with E-state index >= 15 is 0 Å². The molecule has 156 valence electrons. The van der Waals surface area contributed by atoms with Crippen molar-refractivity contribution in [1.29, 1.82) is 0 Å². The minimum atomic E-state index is -0.899. The molecule has 0 aliphatic carbocycles. The van der Waals surface area contributed by atoms with Gasteiger partial charge in [-0.2, -0.15) is 0 Å². The number of aryl methyl sites for hydroxylation is 2. The van der Waals surface area contributed by atoms with Crippen molar-refractivity contribution in [3.05, 3.63) is 59.2 Å². The van der Waals surface area contributed by atoms with Crippen LogP contribution in [0.1, 0.15) is 30.0 Å². The van der Waals surface area contributed by atoms with Crippen LogP contribution < -0.4 is 10.2 Å². The van der Waals surface area contributed by atoms with Crippen molar-refractivity contribution in [1.82, 2.24) is 4.90 Å². The molecule has 0 unspecified atom stereocenters. The van der Waals surface area contributed by atoms with Gasteiger partial charge in [0.15, 0.2) is 0 Å². The van der Waals surface area contributed by atoms with E-state index < -0.39 is 11.5 Å². The van der Waals surface area contributed by atoms with Crippen LogP contribution in [0.3, 0.4) is 0 Å². The molecule has 5 rings (SSSR count). The SMILES string of the molecule is CCN1C(=O)[C@]2(c3ccccc31)[C@@H](C(=O)Nc1cc(C)cc(C)c1)C[C@H]1CSCN12. The summed E-state index contributed by atoms with van der Waals surface area (Å²) in [6.45, 7) is 6.67. The smallest absolute Gasteiger partial charge is 0.253 e. The number of hydrogen-bond donors (Lipinski definition) is 1. The highest BCUT2D eigenvalue weighted by molar-refractivity contribution is 7.99. The molecule has 3 aliphatic rings. The van der Waals surface area contributed by atoms with Crippen LogP contribution in [-0.4, -0.2) is 40.9 Å². The van der Waals surface area contributed by atoms with E-state index in [9.17, 15) is 9.59 Å². The second-order valence-electron chi connectivity index (χ2n) is 8.61. The molecule has 0 bridgehead atoms. The average molecular weight is 422 g/mol. The van der Waals surface area contributed by atoms with Crippen LogP contribution in [0.2, 0.25) is 0 Å². The summed E-state index contributed by atoms with van der Waals surface area (Å²) in [5, 5.41) is 3.15. The molecule has 2 aromatic carbocycles. The van der Waals surface area contributed by atoms with Gasteiger partial charge in [-0.25, -0.2) is 0 Å². The molecule has 1 spiro atoms.